The Kier molecular flexibility index (Phi) is 10.7. The van der Waals surface area contributed by atoms with Crippen LogP contribution in [0, 0.1) is 36.8 Å². The van der Waals surface area contributed by atoms with E-state index in [1.54, 1.807) is 24.0 Å². The van der Waals surface area contributed by atoms with Crippen LogP contribution in [-0.2, 0) is 22.1 Å². The quantitative estimate of drug-likeness (QED) is 0.122. The Labute approximate surface area is 300 Å². The molecule has 0 saturated carbocycles. The van der Waals surface area contributed by atoms with E-state index in [1.165, 1.54) is 25.1 Å². The van der Waals surface area contributed by atoms with Crippen molar-refractivity contribution in [3.8, 4) is 28.7 Å². The minimum Gasteiger partial charge on any atom is -0.457 e. The molecule has 2 unspecified atom stereocenters. The lowest BCUT2D eigenvalue weighted by atomic mass is 9.91. The molecule has 2 aliphatic heterocycles. The number of amides is 1. The van der Waals surface area contributed by atoms with Crippen LogP contribution in [-0.4, -0.2) is 59.7 Å². The third-order valence-electron chi connectivity index (χ3n) is 9.43. The highest BCUT2D eigenvalue weighted by Crippen LogP contribution is 2.41. The van der Waals surface area contributed by atoms with E-state index in [0.717, 1.165) is 18.3 Å². The summed E-state index contributed by atoms with van der Waals surface area (Å²) in [6.07, 6.45) is -5.64. The molecule has 9 nitrogen and oxygen atoms in total. The lowest BCUT2D eigenvalue weighted by Gasteiger charge is -2.34. The summed E-state index contributed by atoms with van der Waals surface area (Å²) >= 11 is 0. The van der Waals surface area contributed by atoms with Gasteiger partial charge >= 0.3 is 6.18 Å². The number of aliphatic hydroxyl groups is 1. The molecule has 4 bridgehead atoms. The summed E-state index contributed by atoms with van der Waals surface area (Å²) in [7, 11) is 0. The molecule has 6 rings (SSSR count). The maximum Gasteiger partial charge on any atom is 0.416 e. The molecule has 0 spiro atoms. The first-order valence-corrected chi connectivity index (χ1v) is 16.7. The molecule has 3 aromatic carbocycles. The number of hydrogen-bond acceptors (Lipinski definition) is 7. The molecule has 15 heteroatoms. The summed E-state index contributed by atoms with van der Waals surface area (Å²) in [5, 5.41) is 21.7. The van der Waals surface area contributed by atoms with Gasteiger partial charge in [-0.2, -0.15) is 18.4 Å². The molecule has 0 aliphatic carbocycles. The topological polar surface area (TPSA) is 117 Å². The summed E-state index contributed by atoms with van der Waals surface area (Å²) in [5.41, 5.74) is -1.59. The predicted molar refractivity (Wildman–Crippen MR) is 180 cm³/mol. The van der Waals surface area contributed by atoms with Crippen molar-refractivity contribution in [2.24, 2.45) is 0 Å². The second-order valence-electron chi connectivity index (χ2n) is 13.1. The Morgan fingerprint density at radius 1 is 1.04 bits per heavy atom. The van der Waals surface area contributed by atoms with E-state index < -0.39 is 71.0 Å². The van der Waals surface area contributed by atoms with E-state index in [-0.39, 0.29) is 67.3 Å². The van der Waals surface area contributed by atoms with Gasteiger partial charge in [-0.1, -0.05) is 0 Å². The van der Waals surface area contributed by atoms with Crippen LogP contribution in [0.25, 0.3) is 11.1 Å². The number of nitrogens with one attached hydrogen (secondary N) is 1. The Morgan fingerprint density at radius 2 is 1.79 bits per heavy atom. The summed E-state index contributed by atoms with van der Waals surface area (Å²) in [4.78, 5) is 29.7. The van der Waals surface area contributed by atoms with Crippen LogP contribution in [0.2, 0.25) is 0 Å². The molecule has 1 fully saturated rings. The largest absolute Gasteiger partial charge is 0.457 e. The Morgan fingerprint density at radius 3 is 2.47 bits per heavy atom. The Hall–Kier alpha value is -5.17. The van der Waals surface area contributed by atoms with Gasteiger partial charge in [0.2, 0.25) is 5.91 Å². The summed E-state index contributed by atoms with van der Waals surface area (Å²) < 4.78 is 100. The molecule has 2 atom stereocenters. The first kappa shape index (κ1) is 37.6. The number of benzene rings is 3. The summed E-state index contributed by atoms with van der Waals surface area (Å²) in [5.74, 6) is -2.72. The molecule has 0 radical (unpaired) electrons. The molecular formula is C38H34F6N4O5. The number of nitriles is 1. The molecule has 2 aliphatic rings. The smallest absolute Gasteiger partial charge is 0.416 e. The number of ether oxygens (including phenoxy) is 2. The second-order valence-corrected chi connectivity index (χ2v) is 13.1. The van der Waals surface area contributed by atoms with E-state index in [4.69, 9.17) is 9.47 Å². The average molecular weight is 741 g/mol. The zero-order chi connectivity index (χ0) is 38.2. The maximum absolute atomic E-state index is 16.1. The summed E-state index contributed by atoms with van der Waals surface area (Å²) in [6, 6.07) is 8.61. The van der Waals surface area contributed by atoms with Crippen LogP contribution in [0.4, 0.5) is 26.3 Å². The number of carbonyl (C=O) groups is 1. The van der Waals surface area contributed by atoms with Gasteiger partial charge in [0.25, 0.3) is 5.56 Å². The van der Waals surface area contributed by atoms with Crippen LogP contribution < -0.4 is 15.6 Å². The number of nitrogens with zero attached hydrogens (tertiary/aromatic N) is 3. The van der Waals surface area contributed by atoms with Crippen LogP contribution in [0.5, 0.6) is 11.5 Å². The monoisotopic (exact) mass is 740 g/mol. The molecular weight excluding hydrogens is 706 g/mol. The number of carbonyl (C=O) groups excluding carboxylic acids is 1. The van der Waals surface area contributed by atoms with Gasteiger partial charge in [-0.05, 0) is 91.4 Å². The Balaban J connectivity index is 1.59. The maximum atomic E-state index is 16.1. The molecule has 1 saturated heterocycles. The number of aromatic nitrogens is 1. The number of rotatable bonds is 8. The highest BCUT2D eigenvalue weighted by Gasteiger charge is 2.37. The van der Waals surface area contributed by atoms with Gasteiger partial charge in [-0.3, -0.25) is 19.1 Å². The van der Waals surface area contributed by atoms with Gasteiger partial charge in [0.05, 0.1) is 29.8 Å². The normalized spacial score (nSPS) is 17.7. The third kappa shape index (κ3) is 7.80. The molecule has 3 heterocycles. The fourth-order valence-electron chi connectivity index (χ4n) is 6.85. The van der Waals surface area contributed by atoms with Crippen molar-refractivity contribution in [1.29, 1.82) is 5.26 Å². The van der Waals surface area contributed by atoms with Gasteiger partial charge in [-0.25, -0.2) is 13.2 Å². The number of halogens is 6. The third-order valence-corrected chi connectivity index (χ3v) is 9.43. The van der Waals surface area contributed by atoms with Crippen LogP contribution in [0.1, 0.15) is 57.4 Å². The fraction of sp³-hybridized carbons (Fsp3) is 0.342. The highest BCUT2D eigenvalue weighted by atomic mass is 19.4. The van der Waals surface area contributed by atoms with Gasteiger partial charge in [0.15, 0.2) is 0 Å². The van der Waals surface area contributed by atoms with Gasteiger partial charge < -0.3 is 19.9 Å². The fourth-order valence-corrected chi connectivity index (χ4v) is 6.85. The lowest BCUT2D eigenvalue weighted by Crippen LogP contribution is -2.49. The lowest BCUT2D eigenvalue weighted by molar-refractivity contribution is -0.138. The number of likely N-dealkylation sites (tertiary alicyclic amines) is 1. The van der Waals surface area contributed by atoms with Crippen molar-refractivity contribution in [1.82, 2.24) is 14.8 Å². The first-order valence-electron chi connectivity index (χ1n) is 16.7. The van der Waals surface area contributed by atoms with Gasteiger partial charge in [-0.15, -0.1) is 0 Å². The molecule has 53 heavy (non-hydrogen) atoms. The van der Waals surface area contributed by atoms with Crippen molar-refractivity contribution in [3.63, 3.8) is 0 Å². The standard InChI is InChI=1S/C38H34F6N4O5/c1-20-9-22(15-45)11-32-34(20)24-10-21(2)35(41)28(12-24)31(6-8-52-19-49)46-37(51)36(27-13-26(53-32)3-4-30(27)40)48-16-23(5-7-47-17-25(39)18-47)29(14-33(48)50)38(42,43)44/h3-4,9-14,16,25,31,36,49H,5-8,17-19H2,1-2H3,(H,46,51). The van der Waals surface area contributed by atoms with E-state index in [9.17, 15) is 37.5 Å². The molecule has 1 aromatic heterocycles. The molecule has 2 N–H and O–H groups in total. The number of hydrogen-bond donors (Lipinski definition) is 2. The van der Waals surface area contributed by atoms with E-state index in [1.807, 2.05) is 0 Å². The van der Waals surface area contributed by atoms with Crippen molar-refractivity contribution in [2.75, 3.05) is 33.0 Å². The van der Waals surface area contributed by atoms with Crippen LogP contribution in [0.3, 0.4) is 0 Å². The number of pyridine rings is 1. The zero-order valence-electron chi connectivity index (χ0n) is 28.6. The van der Waals surface area contributed by atoms with Crippen molar-refractivity contribution in [3.05, 3.63) is 116 Å². The summed E-state index contributed by atoms with van der Waals surface area (Å²) in [6.45, 7) is 2.41. The number of aliphatic hydroxyl groups excluding tert-OH is 1. The van der Waals surface area contributed by atoms with Gasteiger partial charge in [0.1, 0.15) is 42.1 Å². The predicted octanol–water partition coefficient (Wildman–Crippen LogP) is 6.41. The van der Waals surface area contributed by atoms with E-state index in [0.29, 0.717) is 27.3 Å². The molecule has 4 aromatic rings. The van der Waals surface area contributed by atoms with Crippen molar-refractivity contribution < 1.29 is 45.7 Å². The minimum absolute atomic E-state index is 0.0155. The highest BCUT2D eigenvalue weighted by molar-refractivity contribution is 5.85. The van der Waals surface area contributed by atoms with Crippen LogP contribution >= 0.6 is 0 Å². The van der Waals surface area contributed by atoms with E-state index in [2.05, 4.69) is 11.4 Å². The minimum atomic E-state index is -4.97. The number of fused-ring (bicyclic) bond motifs is 6. The first-order chi connectivity index (χ1) is 25.2. The SMILES string of the molecule is Cc1cc2cc(c1F)C(CCOCO)NC(=O)C(n1cc(CCN3CC(F)C3)c(C(F)(F)F)cc1=O)c1cc(ccc1F)Oc1cc(C#N)cc(C)c1-2. The van der Waals surface area contributed by atoms with Gasteiger partial charge in [0, 0.05) is 48.6 Å². The number of aryl methyl sites for hydroxylation is 2. The van der Waals surface area contributed by atoms with Crippen molar-refractivity contribution in [2.45, 2.75) is 51.1 Å². The molecule has 1 amide bonds. The van der Waals surface area contributed by atoms with Crippen molar-refractivity contribution >= 4 is 5.91 Å². The number of alkyl halides is 4. The van der Waals surface area contributed by atoms with Crippen LogP contribution in [0.15, 0.2) is 59.5 Å². The van der Waals surface area contributed by atoms with E-state index >= 15 is 8.78 Å². The molecule has 278 valence electrons. The zero-order valence-corrected chi connectivity index (χ0v) is 28.6. The second kappa shape index (κ2) is 15.1. The average Bonchev–Trinajstić information content (AvgIpc) is 3.08. The Bertz CT molecular complexity index is 2160.